The Morgan fingerprint density at radius 3 is 2.78 bits per heavy atom. The van der Waals surface area contributed by atoms with Gasteiger partial charge in [-0.05, 0) is 24.6 Å². The van der Waals surface area contributed by atoms with Crippen molar-refractivity contribution in [2.45, 2.75) is 19.8 Å². The highest BCUT2D eigenvalue weighted by Crippen LogP contribution is 2.20. The predicted molar refractivity (Wildman–Crippen MR) is 67.4 cm³/mol. The van der Waals surface area contributed by atoms with Crippen LogP contribution in [0.15, 0.2) is 18.2 Å². The molecule has 0 saturated heterocycles. The zero-order valence-corrected chi connectivity index (χ0v) is 10.3. The normalized spacial score (nSPS) is 9.83. The molecule has 0 aliphatic rings. The summed E-state index contributed by atoms with van der Waals surface area (Å²) in [7, 11) is 0. The average molecular weight is 249 g/mol. The monoisotopic (exact) mass is 249 g/mol. The second kappa shape index (κ2) is 6.60. The van der Waals surface area contributed by atoms with Crippen molar-refractivity contribution in [2.75, 3.05) is 18.0 Å². The maximum absolute atomic E-state index is 13.8. The van der Waals surface area contributed by atoms with Gasteiger partial charge in [-0.25, -0.2) is 4.39 Å². The van der Waals surface area contributed by atoms with Gasteiger partial charge in [0.15, 0.2) is 0 Å². The zero-order chi connectivity index (χ0) is 13.5. The molecule has 0 aliphatic carbocycles. The van der Waals surface area contributed by atoms with E-state index in [4.69, 9.17) is 11.0 Å². The van der Waals surface area contributed by atoms with E-state index < -0.39 is 11.7 Å². The number of carbonyl (C=O) groups excluding carboxylic acids is 1. The summed E-state index contributed by atoms with van der Waals surface area (Å²) in [4.78, 5) is 12.6. The highest BCUT2D eigenvalue weighted by atomic mass is 19.1. The van der Waals surface area contributed by atoms with Crippen LogP contribution in [0.4, 0.5) is 10.1 Å². The highest BCUT2D eigenvalue weighted by molar-refractivity contribution is 5.79. The number of unbranched alkanes of at least 4 members (excludes halogenated alkanes) is 1. The number of amides is 1. The lowest BCUT2D eigenvalue weighted by Gasteiger charge is -2.23. The van der Waals surface area contributed by atoms with Gasteiger partial charge >= 0.3 is 0 Å². The summed E-state index contributed by atoms with van der Waals surface area (Å²) in [5.41, 5.74) is 5.72. The van der Waals surface area contributed by atoms with Crippen molar-refractivity contribution in [1.82, 2.24) is 0 Å². The summed E-state index contributed by atoms with van der Waals surface area (Å²) in [6.45, 7) is 2.54. The molecule has 1 rings (SSSR count). The van der Waals surface area contributed by atoms with E-state index in [1.807, 2.05) is 13.0 Å². The minimum absolute atomic E-state index is 0.0250. The number of nitriles is 1. The van der Waals surface area contributed by atoms with Crippen LogP contribution in [0, 0.1) is 17.1 Å². The third-order valence-electron chi connectivity index (χ3n) is 2.55. The number of benzene rings is 1. The number of primary amides is 1. The molecule has 1 amide bonds. The van der Waals surface area contributed by atoms with E-state index in [-0.39, 0.29) is 12.1 Å². The van der Waals surface area contributed by atoms with E-state index in [0.717, 1.165) is 18.9 Å². The first kappa shape index (κ1) is 14.0. The second-order valence-electron chi connectivity index (χ2n) is 4.02. The molecule has 0 aliphatic heterocycles. The third kappa shape index (κ3) is 3.74. The lowest BCUT2D eigenvalue weighted by Crippen LogP contribution is -2.35. The summed E-state index contributed by atoms with van der Waals surface area (Å²) in [6.07, 6.45) is 1.78. The molecule has 0 atom stereocenters. The van der Waals surface area contributed by atoms with Crippen molar-refractivity contribution in [3.05, 3.63) is 29.6 Å². The molecule has 0 unspecified atom stereocenters. The van der Waals surface area contributed by atoms with Gasteiger partial charge in [0.25, 0.3) is 0 Å². The Hall–Kier alpha value is -2.09. The minimum Gasteiger partial charge on any atom is -0.368 e. The number of carbonyl (C=O) groups is 1. The summed E-state index contributed by atoms with van der Waals surface area (Å²) in [5, 5.41) is 8.67. The van der Waals surface area contributed by atoms with Crippen LogP contribution < -0.4 is 10.6 Å². The predicted octanol–water partition coefficient (Wildman–Crippen LogP) is 1.79. The molecule has 4 nitrogen and oxygen atoms in total. The Balaban J connectivity index is 2.97. The molecule has 0 bridgehead atoms. The molecule has 0 saturated carbocycles. The largest absolute Gasteiger partial charge is 0.368 e. The number of hydrogen-bond acceptors (Lipinski definition) is 3. The molecule has 1 aromatic rings. The van der Waals surface area contributed by atoms with Crippen molar-refractivity contribution < 1.29 is 9.18 Å². The van der Waals surface area contributed by atoms with Gasteiger partial charge < -0.3 is 10.6 Å². The van der Waals surface area contributed by atoms with Gasteiger partial charge in [-0.2, -0.15) is 5.26 Å². The van der Waals surface area contributed by atoms with E-state index in [9.17, 15) is 9.18 Å². The average Bonchev–Trinajstić information content (AvgIpc) is 2.34. The topological polar surface area (TPSA) is 70.1 Å². The maximum Gasteiger partial charge on any atom is 0.236 e. The summed E-state index contributed by atoms with van der Waals surface area (Å²) >= 11 is 0. The van der Waals surface area contributed by atoms with Gasteiger partial charge in [-0.3, -0.25) is 4.79 Å². The molecule has 0 radical (unpaired) electrons. The van der Waals surface area contributed by atoms with Gasteiger partial charge in [0, 0.05) is 6.54 Å². The number of halogens is 1. The first-order chi connectivity index (χ1) is 8.58. The second-order valence-corrected chi connectivity index (χ2v) is 4.02. The fourth-order valence-electron chi connectivity index (χ4n) is 1.65. The summed E-state index contributed by atoms with van der Waals surface area (Å²) in [6, 6.07) is 6.06. The Labute approximate surface area is 106 Å². The number of nitrogens with zero attached hydrogens (tertiary/aromatic N) is 2. The number of nitrogens with two attached hydrogens (primary N) is 1. The lowest BCUT2D eigenvalue weighted by molar-refractivity contribution is -0.116. The van der Waals surface area contributed by atoms with Crippen LogP contribution in [-0.4, -0.2) is 19.0 Å². The molecule has 18 heavy (non-hydrogen) atoms. The molecule has 0 heterocycles. The van der Waals surface area contributed by atoms with Crippen molar-refractivity contribution in [1.29, 1.82) is 5.26 Å². The van der Waals surface area contributed by atoms with Gasteiger partial charge in [-0.15, -0.1) is 0 Å². The van der Waals surface area contributed by atoms with Crippen molar-refractivity contribution >= 4 is 11.6 Å². The molecule has 2 N–H and O–H groups in total. The zero-order valence-electron chi connectivity index (χ0n) is 10.3. The van der Waals surface area contributed by atoms with Crippen LogP contribution in [0.1, 0.15) is 25.3 Å². The number of hydrogen-bond donors (Lipinski definition) is 1. The molecule has 0 fully saturated rings. The van der Waals surface area contributed by atoms with Crippen LogP contribution >= 0.6 is 0 Å². The Kier molecular flexibility index (Phi) is 5.12. The molecule has 0 spiro atoms. The fraction of sp³-hybridized carbons (Fsp3) is 0.385. The number of anilines is 1. The standard InChI is InChI=1S/C13H16FN3O/c1-2-3-6-17(9-13(16)18)12-5-4-10(8-15)7-11(12)14/h4-5,7H,2-3,6,9H2,1H3,(H2,16,18). The fourth-order valence-corrected chi connectivity index (χ4v) is 1.65. The summed E-state index contributed by atoms with van der Waals surface area (Å²) < 4.78 is 13.8. The quantitative estimate of drug-likeness (QED) is 0.835. The maximum atomic E-state index is 13.8. The first-order valence-electron chi connectivity index (χ1n) is 5.81. The van der Waals surface area contributed by atoms with Gasteiger partial charge in [0.2, 0.25) is 5.91 Å². The molecule has 5 heteroatoms. The van der Waals surface area contributed by atoms with Crippen molar-refractivity contribution in [2.24, 2.45) is 5.73 Å². The van der Waals surface area contributed by atoms with Crippen LogP contribution in [0.3, 0.4) is 0 Å². The highest BCUT2D eigenvalue weighted by Gasteiger charge is 2.13. The van der Waals surface area contributed by atoms with Crippen LogP contribution in [0.2, 0.25) is 0 Å². The van der Waals surface area contributed by atoms with E-state index in [1.165, 1.54) is 12.1 Å². The van der Waals surface area contributed by atoms with Gasteiger partial charge in [0.1, 0.15) is 5.82 Å². The molecule has 1 aromatic carbocycles. The van der Waals surface area contributed by atoms with E-state index in [0.29, 0.717) is 12.2 Å². The Morgan fingerprint density at radius 2 is 2.28 bits per heavy atom. The minimum atomic E-state index is -0.508. The van der Waals surface area contributed by atoms with Gasteiger partial charge in [-0.1, -0.05) is 13.3 Å². The van der Waals surface area contributed by atoms with Crippen LogP contribution in [0.25, 0.3) is 0 Å². The third-order valence-corrected chi connectivity index (χ3v) is 2.55. The van der Waals surface area contributed by atoms with E-state index in [2.05, 4.69) is 0 Å². The van der Waals surface area contributed by atoms with Crippen LogP contribution in [0.5, 0.6) is 0 Å². The SMILES string of the molecule is CCCCN(CC(N)=O)c1ccc(C#N)cc1F. The van der Waals surface area contributed by atoms with E-state index in [1.54, 1.807) is 4.90 Å². The van der Waals surface area contributed by atoms with E-state index >= 15 is 0 Å². The Morgan fingerprint density at radius 1 is 1.56 bits per heavy atom. The Bertz CT molecular complexity index is 468. The first-order valence-corrected chi connectivity index (χ1v) is 5.81. The summed E-state index contributed by atoms with van der Waals surface area (Å²) in [5.74, 6) is -1.01. The molecule has 0 aromatic heterocycles. The van der Waals surface area contributed by atoms with Crippen molar-refractivity contribution in [3.8, 4) is 6.07 Å². The molecular weight excluding hydrogens is 233 g/mol. The van der Waals surface area contributed by atoms with Gasteiger partial charge in [0.05, 0.1) is 23.9 Å². The molecular formula is C13H16FN3O. The van der Waals surface area contributed by atoms with Crippen molar-refractivity contribution in [3.63, 3.8) is 0 Å². The molecule has 96 valence electrons. The lowest BCUT2D eigenvalue weighted by atomic mass is 10.2. The smallest absolute Gasteiger partial charge is 0.236 e. The van der Waals surface area contributed by atoms with Crippen LogP contribution in [-0.2, 0) is 4.79 Å². The number of rotatable bonds is 6.